The zero-order valence-corrected chi connectivity index (χ0v) is 55.9. The van der Waals surface area contributed by atoms with E-state index < -0.39 is 6.98 Å². The number of hydrogen-bond donors (Lipinski definition) is 0. The molecule has 15 aromatic heterocycles. The highest BCUT2D eigenvalue weighted by Gasteiger charge is 2.39. The monoisotopic (exact) mass is 1360 g/mol. The van der Waals surface area contributed by atoms with Crippen LogP contribution in [0, 0.1) is 0 Å². The average molecular weight is 1360 g/mol. The molecule has 490 valence electrons. The number of benzene rings is 6. The zero-order valence-electron chi connectivity index (χ0n) is 58.1. The zero-order chi connectivity index (χ0) is 70.2. The fourth-order valence-corrected chi connectivity index (χ4v) is 17.4. The molecule has 20 heterocycles. The normalized spacial score (nSPS) is 13.5. The Bertz CT molecular complexity index is 7080. The van der Waals surface area contributed by atoms with Crippen molar-refractivity contribution >= 4 is 94.9 Å². The number of aryl methyl sites for hydroxylation is 2. The molecule has 22 heteroatoms. The van der Waals surface area contributed by atoms with Crippen molar-refractivity contribution in [1.82, 2.24) is 70.6 Å². The van der Waals surface area contributed by atoms with Crippen LogP contribution in [-0.4, -0.2) is 70.6 Å². The number of thiazole rings is 1. The maximum atomic E-state index is 7.90. The fourth-order valence-electron chi connectivity index (χ4n) is 16.2. The summed E-state index contributed by atoms with van der Waals surface area (Å²) in [5, 5.41) is 1.30. The summed E-state index contributed by atoms with van der Waals surface area (Å²) in [6.45, 7) is 2.12. The van der Waals surface area contributed by atoms with Crippen LogP contribution in [0.25, 0.3) is 145 Å². The smallest absolute Gasteiger partial charge is 0.355 e. The van der Waals surface area contributed by atoms with Gasteiger partial charge in [0.05, 0.1) is 47.0 Å². The largest absolute Gasteiger partial charge is 0.395 e. The number of aromatic nitrogens is 20. The van der Waals surface area contributed by atoms with Crippen molar-refractivity contribution in [3.63, 3.8) is 0 Å². The SMILES string of the molecule is Cn1c2cccnc2n2c3[n+](cc12)Cc1ccccc1-3.[2H]C([2H])([2H])n1c2cccnc2n2c3[n+](cc12)Cc1ccccc1-3.c1ccc(-n2c3cccnc3n3c4[n+](cc23)Cc2ccccc2-4)cc1.c1ccc2c(c1)C[n+]1c-2oc2nc3cnccn3c21.c1ccc2c(c1)C[n+]1c-2sc2nc3cnccn3c21. The third-order valence-electron chi connectivity index (χ3n) is 20.6. The Morgan fingerprint density at radius 1 is 0.427 bits per heavy atom. The molecule has 0 saturated carbocycles. The van der Waals surface area contributed by atoms with Crippen LogP contribution in [-0.2, 0) is 46.7 Å². The lowest BCUT2D eigenvalue weighted by Crippen LogP contribution is -2.31. The standard InChI is InChI=1S/C21H15N4.2C16H13N4.C14H9N4O.C14H9N4S/c1-2-8-16(9-3-1)24-18-11-6-12-22-20(18)25-19(24)14-23-13-15-7-4-5-10-17(15)21(23)25;2*1-18-13-7-4-8-17-15(13)20-14(18)10-19-9-11-5-2-3-6-12(11)16(19)20;2*1-2-4-10-9(3-1)8-18-13-12(19-14(10)18)16-11-7-15-5-6-17(11)13/h1-12,14H,13H2;2*2-8,10H,9H2,1H3;2*1-7H,8H2/q5*+1/i;1D3;;;. The molecule has 0 aliphatic carbocycles. The molecular weight excluding hydrogens is 1300 g/mol. The predicted octanol–water partition coefficient (Wildman–Crippen LogP) is 11.9. The van der Waals surface area contributed by atoms with Crippen molar-refractivity contribution in [2.45, 2.75) is 32.7 Å². The van der Waals surface area contributed by atoms with Gasteiger partial charge in [-0.05, 0) is 78.9 Å². The molecule has 21 aromatic rings. The lowest BCUT2D eigenvalue weighted by molar-refractivity contribution is -0.670. The predicted molar refractivity (Wildman–Crippen MR) is 390 cm³/mol. The maximum absolute atomic E-state index is 7.90. The van der Waals surface area contributed by atoms with Crippen molar-refractivity contribution in [3.05, 3.63) is 290 Å². The highest BCUT2D eigenvalue weighted by molar-refractivity contribution is 7.20. The van der Waals surface area contributed by atoms with Crippen molar-refractivity contribution in [1.29, 1.82) is 0 Å². The van der Waals surface area contributed by atoms with Crippen molar-refractivity contribution in [2.75, 3.05) is 0 Å². The molecule has 0 atom stereocenters. The van der Waals surface area contributed by atoms with Gasteiger partial charge < -0.3 is 13.6 Å². The van der Waals surface area contributed by atoms with Crippen LogP contribution in [0.5, 0.6) is 0 Å². The van der Waals surface area contributed by atoms with Gasteiger partial charge in [0.1, 0.15) is 61.7 Å². The number of oxazole rings is 1. The molecule has 5 aliphatic heterocycles. The van der Waals surface area contributed by atoms with Gasteiger partial charge in [0.2, 0.25) is 27.4 Å². The first-order chi connectivity index (χ1) is 52.1. The fraction of sp³-hybridized carbons (Fsp3) is 0.0864. The molecule has 0 saturated heterocycles. The number of para-hydroxylation sites is 1. The van der Waals surface area contributed by atoms with Gasteiger partial charge in [-0.15, -0.1) is 0 Å². The number of pyridine rings is 3. The van der Waals surface area contributed by atoms with Gasteiger partial charge in [0, 0.05) is 75.8 Å². The molecule has 0 unspecified atom stereocenters. The minimum absolute atomic E-state index is 0.621. The summed E-state index contributed by atoms with van der Waals surface area (Å²) >= 11 is 1.76. The second kappa shape index (κ2) is 21.9. The number of hydrogen-bond acceptors (Lipinski definition) is 9. The second-order valence-corrected chi connectivity index (χ2v) is 27.3. The Morgan fingerprint density at radius 2 is 0.883 bits per heavy atom. The van der Waals surface area contributed by atoms with E-state index in [2.05, 4.69) is 234 Å². The number of rotatable bonds is 1. The van der Waals surface area contributed by atoms with E-state index >= 15 is 0 Å². The maximum Gasteiger partial charge on any atom is 0.355 e. The average Bonchev–Trinajstić information content (AvgIpc) is 1.50. The minimum Gasteiger partial charge on any atom is -0.395 e. The Hall–Kier alpha value is -13.6. The van der Waals surface area contributed by atoms with Crippen LogP contribution in [0.15, 0.2) is 267 Å². The quantitative estimate of drug-likeness (QED) is 0.147. The summed E-state index contributed by atoms with van der Waals surface area (Å²) in [5.41, 5.74) is 27.1. The summed E-state index contributed by atoms with van der Waals surface area (Å²) in [4.78, 5) is 32.1. The molecule has 0 bridgehead atoms. The molecule has 0 radical (unpaired) electrons. The number of fused-ring (bicyclic) bond motifs is 35. The molecule has 0 N–H and O–H groups in total. The molecule has 6 aromatic carbocycles. The summed E-state index contributed by atoms with van der Waals surface area (Å²) in [6.07, 6.45) is 22.8. The van der Waals surface area contributed by atoms with E-state index in [1.165, 1.54) is 77.0 Å². The highest BCUT2D eigenvalue weighted by atomic mass is 32.1. The van der Waals surface area contributed by atoms with Gasteiger partial charge in [0.15, 0.2) is 23.6 Å². The molecule has 26 rings (SSSR count). The van der Waals surface area contributed by atoms with Gasteiger partial charge >= 0.3 is 17.0 Å². The minimum atomic E-state index is -2.25. The summed E-state index contributed by atoms with van der Waals surface area (Å²) in [6, 6.07) is 64.7. The van der Waals surface area contributed by atoms with E-state index in [0.717, 1.165) is 111 Å². The summed E-state index contributed by atoms with van der Waals surface area (Å²) in [5.74, 6) is 4.32. The van der Waals surface area contributed by atoms with Gasteiger partial charge in [-0.2, -0.15) is 36.5 Å². The molecule has 0 spiro atoms. The van der Waals surface area contributed by atoms with E-state index in [0.29, 0.717) is 22.5 Å². The summed E-state index contributed by atoms with van der Waals surface area (Å²) < 4.78 is 57.4. The Morgan fingerprint density at radius 3 is 1.48 bits per heavy atom. The molecule has 5 aliphatic rings. The number of imidazole rings is 8. The van der Waals surface area contributed by atoms with E-state index in [-0.39, 0.29) is 0 Å². The van der Waals surface area contributed by atoms with Crippen LogP contribution >= 0.6 is 11.3 Å². The van der Waals surface area contributed by atoms with Gasteiger partial charge in [-0.3, -0.25) is 14.5 Å². The molecule has 103 heavy (non-hydrogen) atoms. The molecular formula is C81H59N20OS+5. The molecule has 21 nitrogen and oxygen atoms in total. The highest BCUT2D eigenvalue weighted by Crippen LogP contribution is 2.38. The third kappa shape index (κ3) is 8.39. The Kier molecular flexibility index (Phi) is 11.6. The lowest BCUT2D eigenvalue weighted by Gasteiger charge is -2.02. The summed E-state index contributed by atoms with van der Waals surface area (Å²) in [7, 11) is 2.10. The van der Waals surface area contributed by atoms with Crippen LogP contribution in [0.3, 0.4) is 0 Å². The van der Waals surface area contributed by atoms with Crippen molar-refractivity contribution < 1.29 is 31.4 Å². The van der Waals surface area contributed by atoms with Crippen LogP contribution in [0.4, 0.5) is 0 Å². The first-order valence-corrected chi connectivity index (χ1v) is 34.9. The van der Waals surface area contributed by atoms with E-state index in [4.69, 9.17) is 13.5 Å². The Labute approximate surface area is 592 Å². The first-order valence-electron chi connectivity index (χ1n) is 35.6. The second-order valence-electron chi connectivity index (χ2n) is 26.3. The number of nitrogens with zero attached hydrogens (tertiary/aromatic N) is 20. The van der Waals surface area contributed by atoms with E-state index in [1.807, 2.05) is 82.4 Å². The van der Waals surface area contributed by atoms with Crippen molar-refractivity contribution in [2.24, 2.45) is 14.0 Å². The molecule has 0 fully saturated rings. The first kappa shape index (κ1) is 54.3. The van der Waals surface area contributed by atoms with Gasteiger partial charge in [-0.1, -0.05) is 121 Å². The van der Waals surface area contributed by atoms with Crippen LogP contribution in [0.1, 0.15) is 31.9 Å². The lowest BCUT2D eigenvalue weighted by atomic mass is 10.1. The third-order valence-corrected chi connectivity index (χ3v) is 21.7. The van der Waals surface area contributed by atoms with E-state index in [9.17, 15) is 0 Å². The molecule has 0 amide bonds. The topological polar surface area (TPSA) is 160 Å². The van der Waals surface area contributed by atoms with E-state index in [1.54, 1.807) is 48.3 Å². The van der Waals surface area contributed by atoms with Crippen LogP contribution in [0.2, 0.25) is 0 Å². The van der Waals surface area contributed by atoms with Crippen molar-refractivity contribution in [3.8, 4) is 61.9 Å². The Balaban J connectivity index is 0.0000000830. The van der Waals surface area contributed by atoms with Crippen LogP contribution < -0.4 is 22.8 Å². The van der Waals surface area contributed by atoms with Gasteiger partial charge in [0.25, 0.3) is 46.0 Å². The van der Waals surface area contributed by atoms with Gasteiger partial charge in [-0.25, -0.2) is 33.2 Å².